The Bertz CT molecular complexity index is 1260. The lowest BCUT2D eigenvalue weighted by molar-refractivity contribution is 0.102. The van der Waals surface area contributed by atoms with Crippen LogP contribution < -0.4 is 35.5 Å². The largest absolute Gasteiger partial charge is 0.493 e. The molecule has 0 saturated heterocycles. The zero-order valence-electron chi connectivity index (χ0n) is 16.8. The lowest BCUT2D eigenvalue weighted by Gasteiger charge is -2.11. The van der Waals surface area contributed by atoms with Crippen LogP contribution in [0, 0.1) is 0 Å². The molecule has 0 atom stereocenters. The van der Waals surface area contributed by atoms with E-state index in [-0.39, 0.29) is 18.9 Å². The number of carbonyl (C=O) groups is 1. The zero-order chi connectivity index (χ0) is 22.0. The maximum absolute atomic E-state index is 12.9. The molecule has 10 nitrogen and oxygen atoms in total. The molecule has 0 radical (unpaired) electrons. The molecule has 0 unspecified atom stereocenters. The fraction of sp³-hybridized carbons (Fsp3) is 0.190. The number of H-pyrrole nitrogens is 1. The first-order chi connectivity index (χ1) is 15.0. The summed E-state index contributed by atoms with van der Waals surface area (Å²) < 4.78 is 21.9. The predicted octanol–water partition coefficient (Wildman–Crippen LogP) is 1.58. The van der Waals surface area contributed by atoms with Crippen molar-refractivity contribution in [3.05, 3.63) is 74.6 Å². The summed E-state index contributed by atoms with van der Waals surface area (Å²) >= 11 is 0. The van der Waals surface area contributed by atoms with Crippen LogP contribution in [0.4, 0.5) is 5.69 Å². The van der Waals surface area contributed by atoms with Crippen LogP contribution in [0.5, 0.6) is 23.0 Å². The van der Waals surface area contributed by atoms with E-state index < -0.39 is 17.2 Å². The summed E-state index contributed by atoms with van der Waals surface area (Å²) in [4.78, 5) is 40.3. The van der Waals surface area contributed by atoms with E-state index in [1.165, 1.54) is 14.2 Å². The van der Waals surface area contributed by atoms with Crippen LogP contribution in [0.1, 0.15) is 15.9 Å². The van der Waals surface area contributed by atoms with Gasteiger partial charge in [0.25, 0.3) is 11.5 Å². The maximum Gasteiger partial charge on any atom is 0.328 e. The third kappa shape index (κ3) is 3.95. The van der Waals surface area contributed by atoms with Gasteiger partial charge in [-0.05, 0) is 29.8 Å². The van der Waals surface area contributed by atoms with Gasteiger partial charge >= 0.3 is 5.69 Å². The van der Waals surface area contributed by atoms with Crippen LogP contribution in [0.3, 0.4) is 0 Å². The van der Waals surface area contributed by atoms with E-state index in [9.17, 15) is 14.4 Å². The molecule has 3 aromatic rings. The summed E-state index contributed by atoms with van der Waals surface area (Å²) in [5.74, 6) is 1.36. The second-order valence-corrected chi connectivity index (χ2v) is 6.61. The molecule has 10 heteroatoms. The fourth-order valence-corrected chi connectivity index (χ4v) is 3.15. The van der Waals surface area contributed by atoms with Gasteiger partial charge in [-0.1, -0.05) is 6.07 Å². The Morgan fingerprint density at radius 3 is 2.61 bits per heavy atom. The molecule has 1 aliphatic heterocycles. The Labute approximate surface area is 176 Å². The van der Waals surface area contributed by atoms with Crippen LogP contribution in [0.2, 0.25) is 0 Å². The third-order valence-electron chi connectivity index (χ3n) is 4.72. The van der Waals surface area contributed by atoms with Crippen molar-refractivity contribution in [2.45, 2.75) is 6.54 Å². The highest BCUT2D eigenvalue weighted by molar-refractivity contribution is 6.03. The van der Waals surface area contributed by atoms with Crippen LogP contribution in [0.15, 0.2) is 52.2 Å². The Balaban J connectivity index is 1.60. The summed E-state index contributed by atoms with van der Waals surface area (Å²) in [6, 6.07) is 9.90. The number of methoxy groups -OCH3 is 2. The normalized spacial score (nSPS) is 11.8. The number of benzene rings is 2. The highest BCUT2D eigenvalue weighted by Gasteiger charge is 2.18. The lowest BCUT2D eigenvalue weighted by atomic mass is 10.2. The van der Waals surface area contributed by atoms with Crippen LogP contribution >= 0.6 is 0 Å². The lowest BCUT2D eigenvalue weighted by Crippen LogP contribution is -2.39. The number of aromatic nitrogens is 2. The van der Waals surface area contributed by atoms with Crippen molar-refractivity contribution in [3.8, 4) is 23.0 Å². The minimum absolute atomic E-state index is 0.0394. The van der Waals surface area contributed by atoms with Gasteiger partial charge in [0, 0.05) is 18.0 Å². The first-order valence-corrected chi connectivity index (χ1v) is 9.24. The molecule has 31 heavy (non-hydrogen) atoms. The number of hydrogen-bond donors (Lipinski definition) is 2. The molecule has 1 aliphatic rings. The van der Waals surface area contributed by atoms with Gasteiger partial charge in [0.15, 0.2) is 23.0 Å². The third-order valence-corrected chi connectivity index (χ3v) is 4.72. The monoisotopic (exact) mass is 425 g/mol. The Morgan fingerprint density at radius 1 is 1.06 bits per heavy atom. The first kappa shape index (κ1) is 20.1. The van der Waals surface area contributed by atoms with Crippen molar-refractivity contribution in [1.29, 1.82) is 0 Å². The number of nitrogens with zero attached hydrogens (tertiary/aromatic N) is 1. The zero-order valence-corrected chi connectivity index (χ0v) is 16.8. The van der Waals surface area contributed by atoms with Gasteiger partial charge in [0.2, 0.25) is 6.79 Å². The highest BCUT2D eigenvalue weighted by atomic mass is 16.7. The SMILES string of the molecule is COc1ccc(NC(=O)c2c[nH]c(=O)n(Cc3ccc4c(c3)OCO4)c2=O)cc1OC. The molecule has 1 amide bonds. The number of amides is 1. The Morgan fingerprint density at radius 2 is 1.84 bits per heavy atom. The van der Waals surface area contributed by atoms with Gasteiger partial charge in [0.1, 0.15) is 5.56 Å². The second-order valence-electron chi connectivity index (χ2n) is 6.61. The van der Waals surface area contributed by atoms with Gasteiger partial charge in [-0.2, -0.15) is 0 Å². The molecule has 2 N–H and O–H groups in total. The number of hydrogen-bond acceptors (Lipinski definition) is 7. The average molecular weight is 425 g/mol. The molecular weight excluding hydrogens is 406 g/mol. The maximum atomic E-state index is 12.9. The van der Waals surface area contributed by atoms with E-state index in [1.54, 1.807) is 36.4 Å². The summed E-state index contributed by atoms with van der Waals surface area (Å²) in [5.41, 5.74) is -0.523. The van der Waals surface area contributed by atoms with E-state index >= 15 is 0 Å². The molecule has 2 heterocycles. The molecular formula is C21H19N3O7. The minimum atomic E-state index is -0.723. The average Bonchev–Trinajstić information content (AvgIpc) is 3.24. The van der Waals surface area contributed by atoms with Crippen molar-refractivity contribution in [1.82, 2.24) is 9.55 Å². The van der Waals surface area contributed by atoms with Crippen molar-refractivity contribution >= 4 is 11.6 Å². The predicted molar refractivity (Wildman–Crippen MR) is 110 cm³/mol. The Hall–Kier alpha value is -4.21. The van der Waals surface area contributed by atoms with Gasteiger partial charge < -0.3 is 29.2 Å². The number of anilines is 1. The molecule has 0 saturated carbocycles. The van der Waals surface area contributed by atoms with E-state index in [0.29, 0.717) is 34.2 Å². The Kier molecular flexibility index (Phi) is 5.35. The highest BCUT2D eigenvalue weighted by Crippen LogP contribution is 2.32. The summed E-state index contributed by atoms with van der Waals surface area (Å²) in [6.07, 6.45) is 1.09. The van der Waals surface area contributed by atoms with Crippen LogP contribution in [-0.4, -0.2) is 36.5 Å². The number of aromatic amines is 1. The molecule has 0 aliphatic carbocycles. The fourth-order valence-electron chi connectivity index (χ4n) is 3.15. The standard InChI is InChI=1S/C21H19N3O7/c1-28-15-6-4-13(8-17(15)29-2)23-19(25)14-9-22-21(27)24(20(14)26)10-12-3-5-16-18(7-12)31-11-30-16/h3-9H,10-11H2,1-2H3,(H,22,27)(H,23,25). The van der Waals surface area contributed by atoms with Crippen molar-refractivity contribution < 1.29 is 23.7 Å². The molecule has 0 spiro atoms. The molecule has 160 valence electrons. The quantitative estimate of drug-likeness (QED) is 0.615. The second kappa shape index (κ2) is 8.27. The summed E-state index contributed by atoms with van der Waals surface area (Å²) in [7, 11) is 2.97. The minimum Gasteiger partial charge on any atom is -0.493 e. The van der Waals surface area contributed by atoms with E-state index in [1.807, 2.05) is 0 Å². The van der Waals surface area contributed by atoms with Crippen LogP contribution in [0.25, 0.3) is 0 Å². The van der Waals surface area contributed by atoms with E-state index in [4.69, 9.17) is 18.9 Å². The van der Waals surface area contributed by atoms with Gasteiger partial charge in [-0.15, -0.1) is 0 Å². The smallest absolute Gasteiger partial charge is 0.328 e. The van der Waals surface area contributed by atoms with E-state index in [2.05, 4.69) is 10.3 Å². The van der Waals surface area contributed by atoms with Crippen molar-refractivity contribution in [2.75, 3.05) is 26.3 Å². The topological polar surface area (TPSA) is 121 Å². The molecule has 2 aromatic carbocycles. The van der Waals surface area contributed by atoms with Crippen LogP contribution in [-0.2, 0) is 6.54 Å². The molecule has 4 rings (SSSR count). The number of nitrogens with one attached hydrogen (secondary N) is 2. The number of ether oxygens (including phenoxy) is 4. The first-order valence-electron chi connectivity index (χ1n) is 9.24. The van der Waals surface area contributed by atoms with Gasteiger partial charge in [0.05, 0.1) is 20.8 Å². The summed E-state index contributed by atoms with van der Waals surface area (Å²) in [6.45, 7) is 0.0768. The van der Waals surface area contributed by atoms with Crippen molar-refractivity contribution in [2.24, 2.45) is 0 Å². The van der Waals surface area contributed by atoms with Crippen molar-refractivity contribution in [3.63, 3.8) is 0 Å². The van der Waals surface area contributed by atoms with Gasteiger partial charge in [-0.25, -0.2) is 4.79 Å². The number of carbonyl (C=O) groups excluding carboxylic acids is 1. The van der Waals surface area contributed by atoms with E-state index in [0.717, 1.165) is 10.8 Å². The number of rotatable bonds is 6. The van der Waals surface area contributed by atoms with Gasteiger partial charge in [-0.3, -0.25) is 14.2 Å². The number of fused-ring (bicyclic) bond motifs is 1. The molecule has 0 bridgehead atoms. The molecule has 0 fully saturated rings. The molecule has 1 aromatic heterocycles. The summed E-state index contributed by atoms with van der Waals surface area (Å²) in [5, 5.41) is 2.62.